The van der Waals surface area contributed by atoms with Gasteiger partial charge in [-0.1, -0.05) is 18.2 Å². The highest BCUT2D eigenvalue weighted by Gasteiger charge is 2.27. The van der Waals surface area contributed by atoms with E-state index in [0.717, 1.165) is 44.2 Å². The highest BCUT2D eigenvalue weighted by atomic mass is 35.5. The standard InChI is InChI=1S/C18H27N3O4.2ClH/c22-15-11-16(19-13-15)18(23)20-12-14-3-1-2-4-17(14)25-10-7-21-5-8-24-9-6-21;;/h1-4,15-16,19,22H,5-13H2,(H,20,23);2*1H. The Labute approximate surface area is 172 Å². The minimum absolute atomic E-state index is 0. The van der Waals surface area contributed by atoms with E-state index in [9.17, 15) is 9.90 Å². The van der Waals surface area contributed by atoms with Gasteiger partial charge in [-0.25, -0.2) is 0 Å². The molecule has 0 spiro atoms. The minimum atomic E-state index is -0.438. The number of benzene rings is 1. The fourth-order valence-corrected chi connectivity index (χ4v) is 3.12. The van der Waals surface area contributed by atoms with E-state index in [0.29, 0.717) is 26.1 Å². The molecule has 2 saturated heterocycles. The van der Waals surface area contributed by atoms with Gasteiger partial charge in [0.05, 0.1) is 25.4 Å². The maximum Gasteiger partial charge on any atom is 0.237 e. The van der Waals surface area contributed by atoms with Crippen molar-refractivity contribution in [2.75, 3.05) is 46.0 Å². The largest absolute Gasteiger partial charge is 0.492 e. The Morgan fingerprint density at radius 2 is 2.04 bits per heavy atom. The molecule has 1 aromatic rings. The SMILES string of the molecule is Cl.Cl.O=C(NCc1ccccc1OCCN1CCOCC1)C1CC(O)CN1. The lowest BCUT2D eigenvalue weighted by Crippen LogP contribution is -2.40. The van der Waals surface area contributed by atoms with E-state index in [1.807, 2.05) is 24.3 Å². The summed E-state index contributed by atoms with van der Waals surface area (Å²) in [5, 5.41) is 15.4. The molecular formula is C18H29Cl2N3O4. The van der Waals surface area contributed by atoms with Gasteiger partial charge in [0.2, 0.25) is 5.91 Å². The number of β-amino-alcohol motifs (C(OH)–C–C–N with tert-alkyl or cyclic N) is 1. The summed E-state index contributed by atoms with van der Waals surface area (Å²) in [4.78, 5) is 14.5. The summed E-state index contributed by atoms with van der Waals surface area (Å²) in [6.45, 7) is 5.83. The number of hydrogen-bond donors (Lipinski definition) is 3. The third-order valence-electron chi connectivity index (χ3n) is 4.62. The van der Waals surface area contributed by atoms with Crippen LogP contribution in [0, 0.1) is 0 Å². The number of morpholine rings is 1. The molecule has 2 atom stereocenters. The smallest absolute Gasteiger partial charge is 0.237 e. The Bertz CT molecular complexity index is 573. The topological polar surface area (TPSA) is 83.1 Å². The van der Waals surface area contributed by atoms with Crippen LogP contribution >= 0.6 is 24.8 Å². The molecule has 2 aliphatic heterocycles. The molecule has 3 rings (SSSR count). The molecule has 2 fully saturated rings. The summed E-state index contributed by atoms with van der Waals surface area (Å²) in [5.74, 6) is 0.718. The number of aliphatic hydroxyl groups is 1. The van der Waals surface area contributed by atoms with Crippen molar-refractivity contribution in [3.63, 3.8) is 0 Å². The normalized spacial score (nSPS) is 22.4. The average Bonchev–Trinajstić information content (AvgIpc) is 3.08. The zero-order valence-electron chi connectivity index (χ0n) is 15.3. The van der Waals surface area contributed by atoms with Crippen LogP contribution in [0.3, 0.4) is 0 Å². The molecule has 27 heavy (non-hydrogen) atoms. The number of hydrogen-bond acceptors (Lipinski definition) is 6. The van der Waals surface area contributed by atoms with Crippen molar-refractivity contribution in [3.05, 3.63) is 29.8 Å². The molecule has 154 valence electrons. The van der Waals surface area contributed by atoms with Crippen LogP contribution in [0.2, 0.25) is 0 Å². The number of nitrogens with zero attached hydrogens (tertiary/aromatic N) is 1. The molecule has 1 amide bonds. The number of rotatable bonds is 7. The van der Waals surface area contributed by atoms with Crippen molar-refractivity contribution >= 4 is 30.7 Å². The van der Waals surface area contributed by atoms with Crippen molar-refractivity contribution in [2.45, 2.75) is 25.1 Å². The van der Waals surface area contributed by atoms with Crippen LogP contribution in [-0.2, 0) is 16.1 Å². The van der Waals surface area contributed by atoms with Gasteiger partial charge < -0.3 is 25.2 Å². The predicted octanol–water partition coefficient (Wildman–Crippen LogP) is 0.580. The van der Waals surface area contributed by atoms with E-state index >= 15 is 0 Å². The van der Waals surface area contributed by atoms with Crippen molar-refractivity contribution in [1.29, 1.82) is 0 Å². The Morgan fingerprint density at radius 3 is 2.74 bits per heavy atom. The number of ether oxygens (including phenoxy) is 2. The molecule has 7 nitrogen and oxygen atoms in total. The van der Waals surface area contributed by atoms with Gasteiger partial charge in [-0.3, -0.25) is 9.69 Å². The van der Waals surface area contributed by atoms with E-state index in [1.165, 1.54) is 0 Å². The monoisotopic (exact) mass is 421 g/mol. The lowest BCUT2D eigenvalue weighted by molar-refractivity contribution is -0.123. The molecule has 3 N–H and O–H groups in total. The Morgan fingerprint density at radius 1 is 1.30 bits per heavy atom. The molecule has 0 aliphatic carbocycles. The average molecular weight is 422 g/mol. The summed E-state index contributed by atoms with van der Waals surface area (Å²) < 4.78 is 11.3. The van der Waals surface area contributed by atoms with Gasteiger partial charge in [0.25, 0.3) is 0 Å². The van der Waals surface area contributed by atoms with Crippen LogP contribution in [-0.4, -0.2) is 74.1 Å². The molecule has 1 aromatic carbocycles. The van der Waals surface area contributed by atoms with Crippen molar-refractivity contribution in [2.24, 2.45) is 0 Å². The molecule has 0 bridgehead atoms. The number of amides is 1. The van der Waals surface area contributed by atoms with Crippen LogP contribution in [0.4, 0.5) is 0 Å². The van der Waals surface area contributed by atoms with Crippen molar-refractivity contribution in [1.82, 2.24) is 15.5 Å². The second-order valence-electron chi connectivity index (χ2n) is 6.48. The van der Waals surface area contributed by atoms with E-state index in [2.05, 4.69) is 15.5 Å². The van der Waals surface area contributed by atoms with Crippen molar-refractivity contribution < 1.29 is 19.4 Å². The van der Waals surface area contributed by atoms with Crippen LogP contribution < -0.4 is 15.4 Å². The molecule has 0 radical (unpaired) electrons. The molecule has 2 unspecified atom stereocenters. The van der Waals surface area contributed by atoms with E-state index in [1.54, 1.807) is 0 Å². The quantitative estimate of drug-likeness (QED) is 0.597. The first kappa shape index (κ1) is 23.9. The predicted molar refractivity (Wildman–Crippen MR) is 108 cm³/mol. The van der Waals surface area contributed by atoms with E-state index in [4.69, 9.17) is 9.47 Å². The zero-order chi connectivity index (χ0) is 17.5. The molecule has 2 aliphatic rings. The molecular weight excluding hydrogens is 393 g/mol. The van der Waals surface area contributed by atoms with Gasteiger partial charge in [-0.2, -0.15) is 0 Å². The summed E-state index contributed by atoms with van der Waals surface area (Å²) in [6, 6.07) is 7.45. The summed E-state index contributed by atoms with van der Waals surface area (Å²) in [5.41, 5.74) is 0.955. The van der Waals surface area contributed by atoms with Crippen LogP contribution in [0.15, 0.2) is 24.3 Å². The second kappa shape index (κ2) is 12.4. The molecule has 9 heteroatoms. The molecule has 0 aromatic heterocycles. The van der Waals surface area contributed by atoms with Crippen LogP contribution in [0.25, 0.3) is 0 Å². The van der Waals surface area contributed by atoms with Gasteiger partial charge in [-0.05, 0) is 12.5 Å². The summed E-state index contributed by atoms with van der Waals surface area (Å²) in [7, 11) is 0. The van der Waals surface area contributed by atoms with Gasteiger partial charge in [-0.15, -0.1) is 24.8 Å². The van der Waals surface area contributed by atoms with Crippen molar-refractivity contribution in [3.8, 4) is 5.75 Å². The third-order valence-corrected chi connectivity index (χ3v) is 4.62. The lowest BCUT2D eigenvalue weighted by Gasteiger charge is -2.26. The van der Waals surface area contributed by atoms with Gasteiger partial charge in [0.15, 0.2) is 0 Å². The number of halogens is 2. The lowest BCUT2D eigenvalue weighted by atomic mass is 10.1. The Kier molecular flexibility index (Phi) is 11.0. The fraction of sp³-hybridized carbons (Fsp3) is 0.611. The highest BCUT2D eigenvalue weighted by Crippen LogP contribution is 2.18. The Hall–Kier alpha value is -1.09. The number of carbonyl (C=O) groups excluding carboxylic acids is 1. The minimum Gasteiger partial charge on any atom is -0.492 e. The van der Waals surface area contributed by atoms with Crippen LogP contribution in [0.5, 0.6) is 5.75 Å². The van der Waals surface area contributed by atoms with E-state index in [-0.39, 0.29) is 36.8 Å². The van der Waals surface area contributed by atoms with Gasteiger partial charge in [0, 0.05) is 38.3 Å². The first-order valence-electron chi connectivity index (χ1n) is 8.92. The first-order valence-corrected chi connectivity index (χ1v) is 8.92. The Balaban J connectivity index is 0.00000182. The second-order valence-corrected chi connectivity index (χ2v) is 6.48. The maximum atomic E-state index is 12.2. The van der Waals surface area contributed by atoms with Gasteiger partial charge >= 0.3 is 0 Å². The summed E-state index contributed by atoms with van der Waals surface area (Å²) in [6.07, 6.45) is 0.0235. The number of carbonyl (C=O) groups is 1. The van der Waals surface area contributed by atoms with E-state index < -0.39 is 6.10 Å². The summed E-state index contributed by atoms with van der Waals surface area (Å²) >= 11 is 0. The number of nitrogens with one attached hydrogen (secondary N) is 2. The molecule has 2 heterocycles. The fourth-order valence-electron chi connectivity index (χ4n) is 3.12. The zero-order valence-corrected chi connectivity index (χ0v) is 16.9. The number of aliphatic hydroxyl groups excluding tert-OH is 1. The molecule has 0 saturated carbocycles. The van der Waals surface area contributed by atoms with Crippen LogP contribution in [0.1, 0.15) is 12.0 Å². The number of para-hydroxylation sites is 1. The highest BCUT2D eigenvalue weighted by molar-refractivity contribution is 5.85. The maximum absolute atomic E-state index is 12.2. The third kappa shape index (κ3) is 7.44. The van der Waals surface area contributed by atoms with Gasteiger partial charge in [0.1, 0.15) is 12.4 Å². The first-order chi connectivity index (χ1) is 12.2.